The van der Waals surface area contributed by atoms with E-state index in [9.17, 15) is 4.79 Å². The Bertz CT molecular complexity index is 814. The third kappa shape index (κ3) is 4.54. The molecular weight excluding hydrogens is 342 g/mol. The van der Waals surface area contributed by atoms with Gasteiger partial charge in [-0.1, -0.05) is 13.8 Å². The molecule has 27 heavy (non-hydrogen) atoms. The number of hydrogen-bond acceptors (Lipinski definition) is 4. The fraction of sp³-hybridized carbons (Fsp3) is 0.409. The van der Waals surface area contributed by atoms with Crippen molar-refractivity contribution >= 4 is 5.91 Å². The SMILES string of the molecule is COc1ccc(OC)c([C@H](C)NC(=O)c2cc(C(C)C)c(OC)cc2C)c1. The molecule has 0 aliphatic rings. The smallest absolute Gasteiger partial charge is 0.252 e. The summed E-state index contributed by atoms with van der Waals surface area (Å²) in [6.45, 7) is 8.01. The number of rotatable bonds is 7. The molecule has 146 valence electrons. The topological polar surface area (TPSA) is 56.8 Å². The average Bonchev–Trinajstić information content (AvgIpc) is 2.66. The van der Waals surface area contributed by atoms with E-state index in [-0.39, 0.29) is 17.9 Å². The maximum Gasteiger partial charge on any atom is 0.252 e. The molecule has 2 aromatic carbocycles. The molecule has 0 saturated heterocycles. The van der Waals surface area contributed by atoms with Gasteiger partial charge in [-0.15, -0.1) is 0 Å². The highest BCUT2D eigenvalue weighted by Crippen LogP contribution is 2.31. The van der Waals surface area contributed by atoms with Crippen LogP contribution in [0.15, 0.2) is 30.3 Å². The minimum Gasteiger partial charge on any atom is -0.497 e. The lowest BCUT2D eigenvalue weighted by Gasteiger charge is -2.20. The molecule has 5 nitrogen and oxygen atoms in total. The number of ether oxygens (including phenoxy) is 3. The molecule has 0 aliphatic carbocycles. The summed E-state index contributed by atoms with van der Waals surface area (Å²) in [6.07, 6.45) is 0. The number of carbonyl (C=O) groups is 1. The van der Waals surface area contributed by atoms with E-state index in [1.165, 1.54) is 0 Å². The van der Waals surface area contributed by atoms with E-state index in [0.29, 0.717) is 11.3 Å². The van der Waals surface area contributed by atoms with Crippen molar-refractivity contribution in [1.29, 1.82) is 0 Å². The van der Waals surface area contributed by atoms with Gasteiger partial charge in [0.1, 0.15) is 17.2 Å². The van der Waals surface area contributed by atoms with Crippen molar-refractivity contribution in [2.45, 2.75) is 39.7 Å². The first-order chi connectivity index (χ1) is 12.8. The van der Waals surface area contributed by atoms with Gasteiger partial charge in [-0.05, 0) is 61.2 Å². The van der Waals surface area contributed by atoms with Crippen molar-refractivity contribution in [3.63, 3.8) is 0 Å². The Morgan fingerprint density at radius 1 is 0.889 bits per heavy atom. The Morgan fingerprint density at radius 3 is 2.11 bits per heavy atom. The Kier molecular flexibility index (Phi) is 6.72. The molecule has 0 fully saturated rings. The zero-order valence-corrected chi connectivity index (χ0v) is 17.2. The average molecular weight is 371 g/mol. The molecule has 5 heteroatoms. The van der Waals surface area contributed by atoms with E-state index in [1.807, 2.05) is 44.2 Å². The normalized spacial score (nSPS) is 11.9. The quantitative estimate of drug-likeness (QED) is 0.771. The van der Waals surface area contributed by atoms with Crippen molar-refractivity contribution < 1.29 is 19.0 Å². The van der Waals surface area contributed by atoms with E-state index >= 15 is 0 Å². The summed E-state index contributed by atoms with van der Waals surface area (Å²) >= 11 is 0. The molecule has 0 unspecified atom stereocenters. The summed E-state index contributed by atoms with van der Waals surface area (Å²) in [6, 6.07) is 9.15. The maximum atomic E-state index is 13.0. The molecule has 0 spiro atoms. The van der Waals surface area contributed by atoms with Crippen LogP contribution in [-0.2, 0) is 0 Å². The van der Waals surface area contributed by atoms with Crippen LogP contribution in [0.4, 0.5) is 0 Å². The van der Waals surface area contributed by atoms with Crippen LogP contribution in [0.25, 0.3) is 0 Å². The van der Waals surface area contributed by atoms with Gasteiger partial charge in [0.2, 0.25) is 0 Å². The molecule has 0 radical (unpaired) electrons. The lowest BCUT2D eigenvalue weighted by molar-refractivity contribution is 0.0938. The molecule has 1 amide bonds. The minimum atomic E-state index is -0.244. The number of nitrogens with one attached hydrogen (secondary N) is 1. The predicted molar refractivity (Wildman–Crippen MR) is 107 cm³/mol. The van der Waals surface area contributed by atoms with Crippen molar-refractivity contribution in [3.05, 3.63) is 52.6 Å². The van der Waals surface area contributed by atoms with Crippen molar-refractivity contribution in [1.82, 2.24) is 5.32 Å². The highest BCUT2D eigenvalue weighted by Gasteiger charge is 2.20. The molecule has 0 aromatic heterocycles. The zero-order valence-electron chi connectivity index (χ0n) is 17.2. The van der Waals surface area contributed by atoms with Crippen molar-refractivity contribution in [3.8, 4) is 17.2 Å². The van der Waals surface area contributed by atoms with Crippen LogP contribution in [0.5, 0.6) is 17.2 Å². The lowest BCUT2D eigenvalue weighted by Crippen LogP contribution is -2.27. The summed E-state index contributed by atoms with van der Waals surface area (Å²) in [4.78, 5) is 13.0. The molecule has 1 atom stereocenters. The first-order valence-corrected chi connectivity index (χ1v) is 9.03. The van der Waals surface area contributed by atoms with E-state index in [0.717, 1.165) is 28.2 Å². The maximum absolute atomic E-state index is 13.0. The monoisotopic (exact) mass is 371 g/mol. The predicted octanol–water partition coefficient (Wildman–Crippen LogP) is 4.64. The number of methoxy groups -OCH3 is 3. The number of amides is 1. The van der Waals surface area contributed by atoms with Gasteiger partial charge in [-0.2, -0.15) is 0 Å². The van der Waals surface area contributed by atoms with Crippen molar-refractivity contribution in [2.24, 2.45) is 0 Å². The van der Waals surface area contributed by atoms with Crippen LogP contribution in [0.1, 0.15) is 59.8 Å². The van der Waals surface area contributed by atoms with Gasteiger partial charge in [-0.3, -0.25) is 4.79 Å². The summed E-state index contributed by atoms with van der Waals surface area (Å²) in [5.41, 5.74) is 3.40. The number of hydrogen-bond donors (Lipinski definition) is 1. The van der Waals surface area contributed by atoms with Gasteiger partial charge in [0.25, 0.3) is 5.91 Å². The first-order valence-electron chi connectivity index (χ1n) is 9.03. The second-order valence-corrected chi connectivity index (χ2v) is 6.87. The van der Waals surface area contributed by atoms with Crippen LogP contribution in [0.3, 0.4) is 0 Å². The van der Waals surface area contributed by atoms with E-state index in [2.05, 4.69) is 19.2 Å². The fourth-order valence-electron chi connectivity index (χ4n) is 3.10. The zero-order chi connectivity index (χ0) is 20.1. The summed E-state index contributed by atoms with van der Waals surface area (Å²) < 4.78 is 16.2. The van der Waals surface area contributed by atoms with E-state index in [4.69, 9.17) is 14.2 Å². The summed E-state index contributed by atoms with van der Waals surface area (Å²) in [5.74, 6) is 2.35. The summed E-state index contributed by atoms with van der Waals surface area (Å²) in [5, 5.41) is 3.07. The molecule has 2 rings (SSSR count). The molecule has 2 aromatic rings. The van der Waals surface area contributed by atoms with Gasteiger partial charge >= 0.3 is 0 Å². The largest absolute Gasteiger partial charge is 0.497 e. The highest BCUT2D eigenvalue weighted by atomic mass is 16.5. The molecular formula is C22H29NO4. The van der Waals surface area contributed by atoms with Gasteiger partial charge in [0.15, 0.2) is 0 Å². The Hall–Kier alpha value is -2.69. The Balaban J connectivity index is 2.33. The third-order valence-corrected chi connectivity index (χ3v) is 4.69. The van der Waals surface area contributed by atoms with Crippen LogP contribution < -0.4 is 19.5 Å². The number of aryl methyl sites for hydroxylation is 1. The van der Waals surface area contributed by atoms with Gasteiger partial charge in [-0.25, -0.2) is 0 Å². The second kappa shape index (κ2) is 8.80. The van der Waals surface area contributed by atoms with Crippen LogP contribution in [-0.4, -0.2) is 27.2 Å². The minimum absolute atomic E-state index is 0.130. The highest BCUT2D eigenvalue weighted by molar-refractivity contribution is 5.96. The van der Waals surface area contributed by atoms with E-state index < -0.39 is 0 Å². The molecule has 0 aliphatic heterocycles. The standard InChI is InChI=1S/C22H29NO4/c1-13(2)17-12-18(14(3)10-21(17)27-7)22(24)23-15(4)19-11-16(25-5)8-9-20(19)26-6/h8-13,15H,1-7H3,(H,23,24)/t15-/m0/s1. The van der Waals surface area contributed by atoms with Gasteiger partial charge in [0, 0.05) is 11.1 Å². The van der Waals surface area contributed by atoms with Gasteiger partial charge < -0.3 is 19.5 Å². The molecule has 0 heterocycles. The van der Waals surface area contributed by atoms with Crippen LogP contribution in [0.2, 0.25) is 0 Å². The van der Waals surface area contributed by atoms with Crippen molar-refractivity contribution in [2.75, 3.05) is 21.3 Å². The Labute approximate surface area is 161 Å². The number of carbonyl (C=O) groups excluding carboxylic acids is 1. The molecule has 0 saturated carbocycles. The number of benzene rings is 2. The van der Waals surface area contributed by atoms with E-state index in [1.54, 1.807) is 21.3 Å². The van der Waals surface area contributed by atoms with Gasteiger partial charge in [0.05, 0.1) is 27.4 Å². The lowest BCUT2D eigenvalue weighted by atomic mass is 9.95. The third-order valence-electron chi connectivity index (χ3n) is 4.69. The van der Waals surface area contributed by atoms with Crippen LogP contribution >= 0.6 is 0 Å². The Morgan fingerprint density at radius 2 is 1.56 bits per heavy atom. The summed E-state index contributed by atoms with van der Waals surface area (Å²) in [7, 11) is 4.88. The van der Waals surface area contributed by atoms with Crippen LogP contribution in [0, 0.1) is 6.92 Å². The second-order valence-electron chi connectivity index (χ2n) is 6.87. The fourth-order valence-corrected chi connectivity index (χ4v) is 3.10. The molecule has 1 N–H and O–H groups in total. The molecule has 0 bridgehead atoms. The first kappa shape index (κ1) is 20.6.